The molecule has 3 heterocycles. The molecule has 0 spiro atoms. The lowest BCUT2D eigenvalue weighted by Gasteiger charge is -2.27. The maximum Gasteiger partial charge on any atom is 0.227 e. The normalized spacial score (nSPS) is 11.7. The molecule has 0 fully saturated rings. The highest BCUT2D eigenvalue weighted by Crippen LogP contribution is 2.50. The van der Waals surface area contributed by atoms with Gasteiger partial charge in [-0.3, -0.25) is 0 Å². The molecule has 0 saturated heterocycles. The van der Waals surface area contributed by atoms with E-state index in [0.29, 0.717) is 17.0 Å². The number of nitrogens with zero attached hydrogens (tertiary/aromatic N) is 2. The van der Waals surface area contributed by atoms with Gasteiger partial charge >= 0.3 is 0 Å². The molecule has 0 radical (unpaired) electrons. The molecular weight excluding hydrogens is 665 g/mol. The SMILES string of the molecule is c1ccc(-c2nc3cc4oc5ccccc5c4c(N(c4ccc(-c5ccccc5)c(-c5ccccc5)c4)c4ccc5c(c4)oc4ccccc45)c3o2)cc1. The van der Waals surface area contributed by atoms with E-state index in [1.165, 1.54) is 0 Å². The fourth-order valence-corrected chi connectivity index (χ4v) is 7.82. The van der Waals surface area contributed by atoms with Crippen molar-refractivity contribution in [2.45, 2.75) is 0 Å². The summed E-state index contributed by atoms with van der Waals surface area (Å²) < 4.78 is 19.9. The summed E-state index contributed by atoms with van der Waals surface area (Å²) in [5.41, 5.74) is 12.6. The standard InChI is InChI=1S/C49H30N2O3/c1-4-14-31(15-5-1)36-26-24-34(28-40(36)32-16-6-2-7-17-32)51(35-25-27-38-37-20-10-12-22-42(37)52-44(38)29-35)47-46-39-21-11-13-23-43(39)53-45(46)30-41-48(47)54-49(50-41)33-18-8-3-9-19-33/h1-30H. The van der Waals surface area contributed by atoms with Crippen LogP contribution in [0.15, 0.2) is 195 Å². The van der Waals surface area contributed by atoms with E-state index in [2.05, 4.69) is 114 Å². The van der Waals surface area contributed by atoms with E-state index in [-0.39, 0.29) is 0 Å². The Morgan fingerprint density at radius 2 is 0.944 bits per heavy atom. The van der Waals surface area contributed by atoms with Crippen molar-refractivity contribution in [3.8, 4) is 33.7 Å². The van der Waals surface area contributed by atoms with Crippen molar-refractivity contribution in [3.63, 3.8) is 0 Å². The monoisotopic (exact) mass is 694 g/mol. The van der Waals surface area contributed by atoms with E-state index in [1.54, 1.807) is 0 Å². The van der Waals surface area contributed by atoms with E-state index >= 15 is 0 Å². The molecular formula is C49H30N2O3. The lowest BCUT2D eigenvalue weighted by atomic mass is 9.93. The molecule has 254 valence electrons. The Morgan fingerprint density at radius 1 is 0.389 bits per heavy atom. The first-order valence-corrected chi connectivity index (χ1v) is 18.0. The first kappa shape index (κ1) is 30.3. The van der Waals surface area contributed by atoms with Crippen LogP contribution < -0.4 is 4.90 Å². The molecule has 0 aliphatic heterocycles. The highest BCUT2D eigenvalue weighted by molar-refractivity contribution is 6.20. The van der Waals surface area contributed by atoms with Crippen LogP contribution in [0.2, 0.25) is 0 Å². The van der Waals surface area contributed by atoms with E-state index in [0.717, 1.165) is 88.8 Å². The summed E-state index contributed by atoms with van der Waals surface area (Å²) in [6, 6.07) is 62.6. The number of oxazole rings is 1. The topological polar surface area (TPSA) is 55.6 Å². The first-order chi connectivity index (χ1) is 26.8. The van der Waals surface area contributed by atoms with Gasteiger partial charge in [-0.2, -0.15) is 0 Å². The van der Waals surface area contributed by atoms with Crippen molar-refractivity contribution in [1.29, 1.82) is 0 Å². The average Bonchev–Trinajstić information content (AvgIpc) is 3.95. The molecule has 0 bridgehead atoms. The molecule has 8 aromatic carbocycles. The van der Waals surface area contributed by atoms with Crippen LogP contribution in [0.4, 0.5) is 17.1 Å². The van der Waals surface area contributed by atoms with Crippen molar-refractivity contribution in [3.05, 3.63) is 182 Å². The highest BCUT2D eigenvalue weighted by Gasteiger charge is 2.27. The number of para-hydroxylation sites is 2. The van der Waals surface area contributed by atoms with Gasteiger partial charge in [-0.25, -0.2) is 4.98 Å². The summed E-state index contributed by atoms with van der Waals surface area (Å²) >= 11 is 0. The third-order valence-corrected chi connectivity index (χ3v) is 10.3. The number of hydrogen-bond acceptors (Lipinski definition) is 5. The van der Waals surface area contributed by atoms with E-state index in [1.807, 2.05) is 72.8 Å². The number of furan rings is 2. The largest absolute Gasteiger partial charge is 0.456 e. The van der Waals surface area contributed by atoms with Crippen LogP contribution in [0, 0.1) is 0 Å². The summed E-state index contributed by atoms with van der Waals surface area (Å²) in [6.07, 6.45) is 0. The second-order valence-corrected chi connectivity index (χ2v) is 13.5. The van der Waals surface area contributed by atoms with E-state index < -0.39 is 0 Å². The number of anilines is 3. The zero-order chi connectivity index (χ0) is 35.6. The van der Waals surface area contributed by atoms with Gasteiger partial charge in [0.15, 0.2) is 5.58 Å². The Hall–Kier alpha value is -7.37. The van der Waals surface area contributed by atoms with Crippen molar-refractivity contribution in [2.75, 3.05) is 4.90 Å². The third-order valence-electron chi connectivity index (χ3n) is 10.3. The van der Waals surface area contributed by atoms with Crippen LogP contribution in [-0.4, -0.2) is 4.98 Å². The van der Waals surface area contributed by atoms with Gasteiger partial charge in [-0.15, -0.1) is 0 Å². The fraction of sp³-hybridized carbons (Fsp3) is 0. The highest BCUT2D eigenvalue weighted by atomic mass is 16.4. The second kappa shape index (κ2) is 12.1. The molecule has 54 heavy (non-hydrogen) atoms. The molecule has 0 aliphatic rings. The summed E-state index contributed by atoms with van der Waals surface area (Å²) in [7, 11) is 0. The Balaban J connectivity index is 1.26. The second-order valence-electron chi connectivity index (χ2n) is 13.5. The molecule has 0 amide bonds. The molecule has 3 aromatic heterocycles. The quantitative estimate of drug-likeness (QED) is 0.173. The van der Waals surface area contributed by atoms with Crippen molar-refractivity contribution in [1.82, 2.24) is 4.98 Å². The van der Waals surface area contributed by atoms with Gasteiger partial charge in [0.05, 0.1) is 11.1 Å². The minimum Gasteiger partial charge on any atom is -0.456 e. The molecule has 5 heteroatoms. The molecule has 0 unspecified atom stereocenters. The van der Waals surface area contributed by atoms with Gasteiger partial charge < -0.3 is 18.2 Å². The summed E-state index contributed by atoms with van der Waals surface area (Å²) in [5.74, 6) is 0.542. The smallest absolute Gasteiger partial charge is 0.227 e. The Labute approximate surface area is 309 Å². The fourth-order valence-electron chi connectivity index (χ4n) is 7.82. The van der Waals surface area contributed by atoms with Crippen LogP contribution in [0.5, 0.6) is 0 Å². The summed E-state index contributed by atoms with van der Waals surface area (Å²) in [6.45, 7) is 0. The lowest BCUT2D eigenvalue weighted by molar-refractivity contribution is 0.620. The van der Waals surface area contributed by atoms with Gasteiger partial charge in [-0.05, 0) is 70.8 Å². The Bertz CT molecular complexity index is 3160. The number of hydrogen-bond donors (Lipinski definition) is 0. The minimum absolute atomic E-state index is 0.542. The van der Waals surface area contributed by atoms with Crippen molar-refractivity contribution < 1.29 is 13.3 Å². The molecule has 11 rings (SSSR count). The van der Waals surface area contributed by atoms with Crippen LogP contribution in [0.25, 0.3) is 88.7 Å². The summed E-state index contributed by atoms with van der Waals surface area (Å²) in [5, 5.41) is 4.06. The molecule has 0 saturated carbocycles. The predicted octanol–water partition coefficient (Wildman–Crippen LogP) is 14.1. The predicted molar refractivity (Wildman–Crippen MR) is 220 cm³/mol. The average molecular weight is 695 g/mol. The van der Waals surface area contributed by atoms with Crippen LogP contribution in [0.1, 0.15) is 0 Å². The van der Waals surface area contributed by atoms with Crippen LogP contribution in [-0.2, 0) is 0 Å². The number of benzene rings is 8. The molecule has 11 aromatic rings. The van der Waals surface area contributed by atoms with Gasteiger partial charge in [0, 0.05) is 39.5 Å². The molecule has 5 nitrogen and oxygen atoms in total. The van der Waals surface area contributed by atoms with E-state index in [9.17, 15) is 0 Å². The zero-order valence-electron chi connectivity index (χ0n) is 28.9. The minimum atomic E-state index is 0.542. The van der Waals surface area contributed by atoms with Gasteiger partial charge in [0.1, 0.15) is 33.5 Å². The molecule has 0 aliphatic carbocycles. The lowest BCUT2D eigenvalue weighted by Crippen LogP contribution is -2.11. The van der Waals surface area contributed by atoms with Gasteiger partial charge in [-0.1, -0.05) is 121 Å². The first-order valence-electron chi connectivity index (χ1n) is 18.0. The maximum atomic E-state index is 6.86. The van der Waals surface area contributed by atoms with Gasteiger partial charge in [0.25, 0.3) is 0 Å². The number of rotatable bonds is 6. The number of fused-ring (bicyclic) bond motifs is 7. The third kappa shape index (κ3) is 4.83. The Morgan fingerprint density at radius 3 is 1.69 bits per heavy atom. The van der Waals surface area contributed by atoms with Gasteiger partial charge in [0.2, 0.25) is 5.89 Å². The molecule has 0 atom stereocenters. The zero-order valence-corrected chi connectivity index (χ0v) is 28.9. The number of aromatic nitrogens is 1. The maximum absolute atomic E-state index is 6.86. The molecule has 0 N–H and O–H groups in total. The van der Waals surface area contributed by atoms with Crippen LogP contribution >= 0.6 is 0 Å². The van der Waals surface area contributed by atoms with Crippen molar-refractivity contribution >= 4 is 72.0 Å². The van der Waals surface area contributed by atoms with E-state index in [4.69, 9.17) is 18.2 Å². The van der Waals surface area contributed by atoms with Crippen LogP contribution in [0.3, 0.4) is 0 Å². The Kier molecular flexibility index (Phi) is 6.79. The van der Waals surface area contributed by atoms with Crippen molar-refractivity contribution in [2.24, 2.45) is 0 Å². The summed E-state index contributed by atoms with van der Waals surface area (Å²) in [4.78, 5) is 7.34.